The van der Waals surface area contributed by atoms with Gasteiger partial charge in [0.05, 0.1) is 28.2 Å². The summed E-state index contributed by atoms with van der Waals surface area (Å²) in [6, 6.07) is 10.9. The van der Waals surface area contributed by atoms with Crippen LogP contribution in [-0.2, 0) is 24.8 Å². The van der Waals surface area contributed by atoms with Crippen LogP contribution in [0.3, 0.4) is 0 Å². The van der Waals surface area contributed by atoms with Crippen molar-refractivity contribution in [1.82, 2.24) is 4.31 Å². The van der Waals surface area contributed by atoms with Gasteiger partial charge in [-0.25, -0.2) is 26.8 Å². The fourth-order valence-electron chi connectivity index (χ4n) is 3.58. The van der Waals surface area contributed by atoms with Crippen molar-refractivity contribution in [2.75, 3.05) is 38.2 Å². The molecule has 0 aliphatic carbocycles. The molecule has 2 aromatic carbocycles. The number of hydrogen-bond acceptors (Lipinski definition) is 7. The number of rotatable bonds is 6. The Morgan fingerprint density at radius 2 is 1.50 bits per heavy atom. The quantitative estimate of drug-likeness (QED) is 0.623. The topological polar surface area (TPSA) is 127 Å². The molecule has 1 heterocycles. The Morgan fingerprint density at radius 3 is 2.00 bits per heavy atom. The summed E-state index contributed by atoms with van der Waals surface area (Å²) >= 11 is 0. The molecular weight excluding hydrogens is 454 g/mol. The first-order valence-electron chi connectivity index (χ1n) is 10.1. The van der Waals surface area contributed by atoms with Gasteiger partial charge in [-0.1, -0.05) is 26.0 Å². The Bertz CT molecular complexity index is 1200. The normalized spacial score (nSPS) is 15.7. The molecule has 32 heavy (non-hydrogen) atoms. The van der Waals surface area contributed by atoms with E-state index in [-0.39, 0.29) is 28.4 Å². The van der Waals surface area contributed by atoms with Crippen molar-refractivity contribution in [2.45, 2.75) is 29.6 Å². The van der Waals surface area contributed by atoms with Gasteiger partial charge in [-0.2, -0.15) is 4.31 Å². The van der Waals surface area contributed by atoms with Gasteiger partial charge in [0.15, 0.2) is 0 Å². The van der Waals surface area contributed by atoms with Crippen molar-refractivity contribution in [3.63, 3.8) is 0 Å². The highest BCUT2D eigenvalue weighted by Crippen LogP contribution is 2.27. The molecule has 174 valence electrons. The van der Waals surface area contributed by atoms with Gasteiger partial charge in [0.1, 0.15) is 0 Å². The highest BCUT2D eigenvalue weighted by Gasteiger charge is 2.30. The van der Waals surface area contributed by atoms with Crippen LogP contribution in [0.25, 0.3) is 0 Å². The molecule has 1 aliphatic rings. The van der Waals surface area contributed by atoms with E-state index in [2.05, 4.69) is 0 Å². The van der Waals surface area contributed by atoms with E-state index in [9.17, 15) is 21.6 Å². The number of primary sulfonamides is 1. The van der Waals surface area contributed by atoms with Gasteiger partial charge in [0.25, 0.3) is 0 Å². The maximum Gasteiger partial charge on any atom is 0.340 e. The lowest BCUT2D eigenvalue weighted by Gasteiger charge is -2.36. The number of esters is 1. The zero-order valence-electron chi connectivity index (χ0n) is 18.2. The maximum atomic E-state index is 13.0. The number of sulfonamides is 2. The SMILES string of the molecule is COC(=O)c1cc(S(N)(=O)=O)ccc1N1CCN(S(=O)(=O)c2ccc(C(C)C)cc2)CC1. The van der Waals surface area contributed by atoms with E-state index in [1.807, 2.05) is 30.9 Å². The second-order valence-electron chi connectivity index (χ2n) is 7.83. The zero-order valence-corrected chi connectivity index (χ0v) is 19.8. The van der Waals surface area contributed by atoms with Crippen LogP contribution < -0.4 is 10.0 Å². The summed E-state index contributed by atoms with van der Waals surface area (Å²) in [4.78, 5) is 14.1. The molecule has 1 aliphatic heterocycles. The lowest BCUT2D eigenvalue weighted by molar-refractivity contribution is 0.0601. The van der Waals surface area contributed by atoms with Crippen LogP contribution >= 0.6 is 0 Å². The molecule has 0 radical (unpaired) electrons. The van der Waals surface area contributed by atoms with Crippen LogP contribution in [0.2, 0.25) is 0 Å². The summed E-state index contributed by atoms with van der Waals surface area (Å²) in [5.41, 5.74) is 1.58. The molecule has 0 aromatic heterocycles. The highest BCUT2D eigenvalue weighted by molar-refractivity contribution is 7.89. The molecule has 0 unspecified atom stereocenters. The largest absolute Gasteiger partial charge is 0.465 e. The van der Waals surface area contributed by atoms with Crippen LogP contribution in [-0.4, -0.2) is 60.4 Å². The molecule has 1 saturated heterocycles. The van der Waals surface area contributed by atoms with Crippen LogP contribution in [0.1, 0.15) is 35.7 Å². The fourth-order valence-corrected chi connectivity index (χ4v) is 5.55. The van der Waals surface area contributed by atoms with Gasteiger partial charge >= 0.3 is 5.97 Å². The number of ether oxygens (including phenoxy) is 1. The van der Waals surface area contributed by atoms with Gasteiger partial charge < -0.3 is 9.64 Å². The van der Waals surface area contributed by atoms with E-state index < -0.39 is 26.0 Å². The average molecular weight is 482 g/mol. The van der Waals surface area contributed by atoms with Gasteiger partial charge in [-0.05, 0) is 41.8 Å². The number of piperazine rings is 1. The number of nitrogens with two attached hydrogens (primary N) is 1. The Morgan fingerprint density at radius 1 is 0.938 bits per heavy atom. The second-order valence-corrected chi connectivity index (χ2v) is 11.3. The Labute approximate surface area is 188 Å². The van der Waals surface area contributed by atoms with Gasteiger partial charge in [-0.15, -0.1) is 0 Å². The van der Waals surface area contributed by atoms with Crippen molar-refractivity contribution in [2.24, 2.45) is 5.14 Å². The number of nitrogens with zero attached hydrogens (tertiary/aromatic N) is 2. The molecule has 3 rings (SSSR count). The molecule has 1 fully saturated rings. The summed E-state index contributed by atoms with van der Waals surface area (Å²) < 4.78 is 55.6. The monoisotopic (exact) mass is 481 g/mol. The van der Waals surface area contributed by atoms with Crippen LogP contribution in [0.4, 0.5) is 5.69 Å². The van der Waals surface area contributed by atoms with E-state index >= 15 is 0 Å². The van der Waals surface area contributed by atoms with E-state index in [1.165, 1.54) is 29.6 Å². The molecule has 11 heteroatoms. The lowest BCUT2D eigenvalue weighted by atomic mass is 10.0. The van der Waals surface area contributed by atoms with Crippen LogP contribution in [0.15, 0.2) is 52.3 Å². The number of carbonyl (C=O) groups excluding carboxylic acids is 1. The van der Waals surface area contributed by atoms with E-state index in [1.54, 1.807) is 12.1 Å². The zero-order chi connectivity index (χ0) is 23.7. The van der Waals surface area contributed by atoms with Crippen molar-refractivity contribution in [3.05, 3.63) is 53.6 Å². The predicted octanol–water partition coefficient (Wildman–Crippen LogP) is 1.75. The molecule has 0 spiro atoms. The van der Waals surface area contributed by atoms with Crippen molar-refractivity contribution in [3.8, 4) is 0 Å². The highest BCUT2D eigenvalue weighted by atomic mass is 32.2. The van der Waals surface area contributed by atoms with E-state index in [0.29, 0.717) is 24.7 Å². The smallest absolute Gasteiger partial charge is 0.340 e. The Balaban J connectivity index is 1.81. The maximum absolute atomic E-state index is 13.0. The second kappa shape index (κ2) is 9.18. The lowest BCUT2D eigenvalue weighted by Crippen LogP contribution is -2.49. The summed E-state index contributed by atoms with van der Waals surface area (Å²) in [5.74, 6) is -0.397. The average Bonchev–Trinajstić information content (AvgIpc) is 2.77. The fraction of sp³-hybridized carbons (Fsp3) is 0.381. The number of hydrogen-bond donors (Lipinski definition) is 1. The Kier molecular flexibility index (Phi) is 6.94. The van der Waals surface area contributed by atoms with Crippen molar-refractivity contribution >= 4 is 31.7 Å². The third kappa shape index (κ3) is 4.96. The Hall–Kier alpha value is -2.47. The van der Waals surface area contributed by atoms with Gasteiger partial charge in [0.2, 0.25) is 20.0 Å². The standard InChI is InChI=1S/C21H27N3O6S2/c1-15(2)16-4-6-17(7-5-16)32(28,29)24-12-10-23(11-13-24)20-9-8-18(31(22,26)27)14-19(20)21(25)30-3/h4-9,14-15H,10-13H2,1-3H3,(H2,22,26,27). The van der Waals surface area contributed by atoms with E-state index in [4.69, 9.17) is 9.88 Å². The van der Waals surface area contributed by atoms with Crippen LogP contribution in [0, 0.1) is 0 Å². The molecule has 2 aromatic rings. The molecule has 0 amide bonds. The minimum absolute atomic E-state index is 0.0552. The van der Waals surface area contributed by atoms with Crippen molar-refractivity contribution < 1.29 is 26.4 Å². The van der Waals surface area contributed by atoms with E-state index in [0.717, 1.165) is 5.56 Å². The van der Waals surface area contributed by atoms with Gasteiger partial charge in [0, 0.05) is 26.2 Å². The summed E-state index contributed by atoms with van der Waals surface area (Å²) in [6.45, 7) is 5.16. The van der Waals surface area contributed by atoms with Crippen LogP contribution in [0.5, 0.6) is 0 Å². The number of methoxy groups -OCH3 is 1. The number of benzene rings is 2. The summed E-state index contributed by atoms with van der Waals surface area (Å²) in [6.07, 6.45) is 0. The first-order valence-corrected chi connectivity index (χ1v) is 13.0. The third-order valence-corrected chi connectivity index (χ3v) is 8.29. The molecule has 0 bridgehead atoms. The molecular formula is C21H27N3O6S2. The summed E-state index contributed by atoms with van der Waals surface area (Å²) in [5, 5.41) is 5.18. The molecule has 9 nitrogen and oxygen atoms in total. The van der Waals surface area contributed by atoms with Crippen molar-refractivity contribution in [1.29, 1.82) is 0 Å². The summed E-state index contributed by atoms with van der Waals surface area (Å²) in [7, 11) is -6.44. The first kappa shape index (κ1) is 24.2. The molecule has 0 saturated carbocycles. The minimum atomic E-state index is -4.00. The van der Waals surface area contributed by atoms with Gasteiger partial charge in [-0.3, -0.25) is 0 Å². The number of anilines is 1. The predicted molar refractivity (Wildman–Crippen MR) is 121 cm³/mol. The molecule has 0 atom stereocenters. The minimum Gasteiger partial charge on any atom is -0.465 e. The number of carbonyl (C=O) groups is 1. The third-order valence-electron chi connectivity index (χ3n) is 5.47. The first-order chi connectivity index (χ1) is 14.9. The molecule has 2 N–H and O–H groups in total.